The van der Waals surface area contributed by atoms with E-state index in [2.05, 4.69) is 51.2 Å². The minimum absolute atomic E-state index is 0.162. The van der Waals surface area contributed by atoms with Crippen LogP contribution in [0.2, 0.25) is 0 Å². The number of thiazole rings is 1. The van der Waals surface area contributed by atoms with Crippen LogP contribution in [0.15, 0.2) is 36.7 Å². The van der Waals surface area contributed by atoms with Crippen LogP contribution < -0.4 is 4.90 Å². The lowest BCUT2D eigenvalue weighted by atomic mass is 9.98. The predicted octanol–water partition coefficient (Wildman–Crippen LogP) is 3.77. The maximum absolute atomic E-state index is 10.6. The van der Waals surface area contributed by atoms with Gasteiger partial charge in [0.25, 0.3) is 0 Å². The number of phenols is 1. The first-order valence-corrected chi connectivity index (χ1v) is 11.2. The number of aromatic nitrogens is 5. The van der Waals surface area contributed by atoms with Crippen LogP contribution in [-0.2, 0) is 0 Å². The van der Waals surface area contributed by atoms with E-state index < -0.39 is 0 Å². The molecule has 2 atom stereocenters. The number of aromatic amines is 1. The summed E-state index contributed by atoms with van der Waals surface area (Å²) in [6.45, 7) is 3.37. The third kappa shape index (κ3) is 3.75. The Kier molecular flexibility index (Phi) is 5.07. The molecule has 1 fully saturated rings. The molecule has 3 aromatic heterocycles. The number of fused-ring (bicyclic) bond motifs is 1. The number of anilines is 1. The monoisotopic (exact) mass is 435 g/mol. The second kappa shape index (κ2) is 7.90. The van der Waals surface area contributed by atoms with Gasteiger partial charge in [0.2, 0.25) is 0 Å². The number of phenolic OH excluding ortho intramolecular Hbond substituents is 1. The summed E-state index contributed by atoms with van der Waals surface area (Å²) in [5.41, 5.74) is 3.73. The van der Waals surface area contributed by atoms with Crippen molar-refractivity contribution in [1.29, 1.82) is 0 Å². The maximum atomic E-state index is 10.6. The van der Waals surface area contributed by atoms with E-state index >= 15 is 0 Å². The molecular weight excluding hydrogens is 410 g/mol. The number of likely N-dealkylation sites (tertiary alicyclic amines) is 1. The molecule has 4 aromatic rings. The summed E-state index contributed by atoms with van der Waals surface area (Å²) in [5.74, 6) is 0.162. The molecule has 1 aliphatic heterocycles. The zero-order valence-corrected chi connectivity index (χ0v) is 18.6. The van der Waals surface area contributed by atoms with Gasteiger partial charge in [-0.05, 0) is 50.6 Å². The molecule has 0 unspecified atom stereocenters. The molecule has 4 heterocycles. The summed E-state index contributed by atoms with van der Waals surface area (Å²) >= 11 is 1.62. The van der Waals surface area contributed by atoms with E-state index in [1.165, 1.54) is 0 Å². The van der Waals surface area contributed by atoms with E-state index in [4.69, 9.17) is 4.98 Å². The molecule has 31 heavy (non-hydrogen) atoms. The van der Waals surface area contributed by atoms with Crippen LogP contribution >= 0.6 is 11.3 Å². The molecule has 0 bridgehead atoms. The fraction of sp³-hybridized carbons (Fsp3) is 0.364. The van der Waals surface area contributed by atoms with Crippen LogP contribution in [0.5, 0.6) is 5.75 Å². The van der Waals surface area contributed by atoms with Crippen LogP contribution in [0, 0.1) is 0 Å². The van der Waals surface area contributed by atoms with E-state index in [9.17, 15) is 5.11 Å². The number of rotatable bonds is 4. The first-order chi connectivity index (χ1) is 15.0. The average molecular weight is 436 g/mol. The van der Waals surface area contributed by atoms with Gasteiger partial charge in [0.1, 0.15) is 5.75 Å². The van der Waals surface area contributed by atoms with Gasteiger partial charge in [-0.2, -0.15) is 10.1 Å². The molecule has 1 saturated heterocycles. The lowest BCUT2D eigenvalue weighted by molar-refractivity contribution is 0.181. The Balaban J connectivity index is 1.42. The molecular formula is C22H25N7OS. The fourth-order valence-corrected chi connectivity index (χ4v) is 5.09. The molecule has 1 aliphatic rings. The number of hydrogen-bond acceptors (Lipinski definition) is 8. The number of benzene rings is 1. The van der Waals surface area contributed by atoms with Crippen LogP contribution in [0.1, 0.15) is 19.8 Å². The highest BCUT2D eigenvalue weighted by Crippen LogP contribution is 2.36. The number of aromatic hydroxyl groups is 1. The summed E-state index contributed by atoms with van der Waals surface area (Å²) < 4.78 is 0.964. The first kappa shape index (κ1) is 19.9. The van der Waals surface area contributed by atoms with Crippen molar-refractivity contribution in [3.63, 3.8) is 0 Å². The minimum atomic E-state index is 0.162. The molecule has 1 aromatic carbocycles. The lowest BCUT2D eigenvalue weighted by Crippen LogP contribution is -2.46. The summed E-state index contributed by atoms with van der Waals surface area (Å²) in [6, 6.07) is 8.52. The van der Waals surface area contributed by atoms with Gasteiger partial charge in [-0.25, -0.2) is 0 Å². The van der Waals surface area contributed by atoms with Gasteiger partial charge < -0.3 is 14.9 Å². The SMILES string of the molecule is C[C@H]1C[C@@H](N(C)c2nc3nnc(-c4ccc(-c5cn[nH]c5)cc4O)cc3s2)CCN1C. The fourth-order valence-electron chi connectivity index (χ4n) is 4.12. The topological polar surface area (TPSA) is 94.1 Å². The molecule has 0 radical (unpaired) electrons. The number of H-pyrrole nitrogens is 1. The summed E-state index contributed by atoms with van der Waals surface area (Å²) in [5, 5.41) is 27.0. The number of hydrogen-bond donors (Lipinski definition) is 2. The van der Waals surface area contributed by atoms with Crippen LogP contribution in [0.3, 0.4) is 0 Å². The van der Waals surface area contributed by atoms with Gasteiger partial charge in [-0.1, -0.05) is 17.4 Å². The molecule has 8 nitrogen and oxygen atoms in total. The van der Waals surface area contributed by atoms with Gasteiger partial charge in [0.05, 0.1) is 16.6 Å². The number of nitrogens with zero attached hydrogens (tertiary/aromatic N) is 6. The van der Waals surface area contributed by atoms with Crippen molar-refractivity contribution in [2.24, 2.45) is 0 Å². The maximum Gasteiger partial charge on any atom is 0.194 e. The van der Waals surface area contributed by atoms with Crippen LogP contribution in [0.4, 0.5) is 5.13 Å². The summed E-state index contributed by atoms with van der Waals surface area (Å²) in [4.78, 5) is 9.41. The van der Waals surface area contributed by atoms with Gasteiger partial charge in [0, 0.05) is 43.0 Å². The third-order valence-electron chi connectivity index (χ3n) is 6.28. The van der Waals surface area contributed by atoms with Crippen LogP contribution in [0.25, 0.3) is 32.7 Å². The second-order valence-corrected chi connectivity index (χ2v) is 9.26. The number of nitrogens with one attached hydrogen (secondary N) is 1. The first-order valence-electron chi connectivity index (χ1n) is 10.4. The van der Waals surface area contributed by atoms with Crippen molar-refractivity contribution >= 4 is 26.8 Å². The van der Waals surface area contributed by atoms with E-state index in [-0.39, 0.29) is 5.75 Å². The van der Waals surface area contributed by atoms with Crippen molar-refractivity contribution in [1.82, 2.24) is 30.3 Å². The molecule has 0 saturated carbocycles. The molecule has 9 heteroatoms. The highest BCUT2D eigenvalue weighted by atomic mass is 32.1. The van der Waals surface area contributed by atoms with Gasteiger partial charge in [0.15, 0.2) is 10.8 Å². The quantitative estimate of drug-likeness (QED) is 0.504. The molecule has 0 spiro atoms. The Morgan fingerprint density at radius 1 is 1.23 bits per heavy atom. The Labute approximate surface area is 184 Å². The lowest BCUT2D eigenvalue weighted by Gasteiger charge is -2.39. The second-order valence-electron chi connectivity index (χ2n) is 8.25. The highest BCUT2D eigenvalue weighted by Gasteiger charge is 2.27. The standard InChI is InChI=1S/C22H25N7OS/c1-13-8-16(6-7-28(13)2)29(3)22-25-21-20(31-22)10-18(26-27-21)17-5-4-14(9-19(17)30)15-11-23-24-12-15/h4-5,9-13,16,30H,6-8H2,1-3H3,(H,23,24)/t13-,16-/m0/s1. The zero-order valence-electron chi connectivity index (χ0n) is 17.8. The van der Waals surface area contributed by atoms with Gasteiger partial charge in [-0.15, -0.1) is 10.2 Å². The average Bonchev–Trinajstić information content (AvgIpc) is 3.44. The highest BCUT2D eigenvalue weighted by molar-refractivity contribution is 7.22. The Bertz CT molecular complexity index is 1210. The van der Waals surface area contributed by atoms with Crippen LogP contribution in [-0.4, -0.2) is 68.1 Å². The van der Waals surface area contributed by atoms with E-state index in [1.807, 2.05) is 18.2 Å². The Morgan fingerprint density at radius 3 is 2.84 bits per heavy atom. The summed E-state index contributed by atoms with van der Waals surface area (Å²) in [7, 11) is 4.31. The molecule has 5 rings (SSSR count). The molecule has 0 aliphatic carbocycles. The Hall–Kier alpha value is -3.04. The largest absolute Gasteiger partial charge is 0.507 e. The molecule has 160 valence electrons. The smallest absolute Gasteiger partial charge is 0.194 e. The normalized spacial score (nSPS) is 19.7. The Morgan fingerprint density at radius 2 is 2.10 bits per heavy atom. The number of piperidine rings is 1. The van der Waals surface area contributed by atoms with E-state index in [1.54, 1.807) is 29.8 Å². The minimum Gasteiger partial charge on any atom is -0.507 e. The summed E-state index contributed by atoms with van der Waals surface area (Å²) in [6.07, 6.45) is 5.76. The van der Waals surface area contributed by atoms with Gasteiger partial charge in [-0.3, -0.25) is 5.10 Å². The van der Waals surface area contributed by atoms with Gasteiger partial charge >= 0.3 is 0 Å². The van der Waals surface area contributed by atoms with Crippen molar-refractivity contribution in [3.8, 4) is 28.1 Å². The van der Waals surface area contributed by atoms with E-state index in [0.29, 0.717) is 29.0 Å². The van der Waals surface area contributed by atoms with E-state index in [0.717, 1.165) is 40.3 Å². The van der Waals surface area contributed by atoms with Crippen molar-refractivity contribution < 1.29 is 5.11 Å². The third-order valence-corrected chi connectivity index (χ3v) is 7.36. The van der Waals surface area contributed by atoms with Crippen molar-refractivity contribution in [2.45, 2.75) is 31.8 Å². The molecule has 2 N–H and O–H groups in total. The van der Waals surface area contributed by atoms with Crippen molar-refractivity contribution in [3.05, 3.63) is 36.7 Å². The zero-order chi connectivity index (χ0) is 21.5. The predicted molar refractivity (Wildman–Crippen MR) is 123 cm³/mol. The van der Waals surface area contributed by atoms with Crippen molar-refractivity contribution in [2.75, 3.05) is 25.5 Å². The molecule has 0 amide bonds.